The van der Waals surface area contributed by atoms with E-state index in [4.69, 9.17) is 14.2 Å². The lowest BCUT2D eigenvalue weighted by molar-refractivity contribution is -0.123. The summed E-state index contributed by atoms with van der Waals surface area (Å²) < 4.78 is 18.1. The van der Waals surface area contributed by atoms with Gasteiger partial charge in [0.1, 0.15) is 23.9 Å². The third-order valence-electron chi connectivity index (χ3n) is 5.93. The molecule has 0 bridgehead atoms. The third-order valence-corrected chi connectivity index (χ3v) is 5.93. The summed E-state index contributed by atoms with van der Waals surface area (Å²) in [4.78, 5) is 38.0. The number of carbonyl (C=O) groups excluding carboxylic acids is 3. The number of imide groups is 1. The first-order chi connectivity index (χ1) is 17.5. The number of nitrogens with zero attached hydrogens (tertiary/aromatic N) is 1. The van der Waals surface area contributed by atoms with E-state index in [2.05, 4.69) is 5.32 Å². The van der Waals surface area contributed by atoms with E-state index >= 15 is 0 Å². The molecule has 0 spiro atoms. The van der Waals surface area contributed by atoms with E-state index in [1.165, 1.54) is 24.9 Å². The molecule has 0 fully saturated rings. The van der Waals surface area contributed by atoms with E-state index < -0.39 is 11.8 Å². The van der Waals surface area contributed by atoms with E-state index in [0.29, 0.717) is 45.9 Å². The zero-order valence-electron chi connectivity index (χ0n) is 19.6. The fraction of sp³-hybridized carbons (Fsp3) is 0.107. The predicted molar refractivity (Wildman–Crippen MR) is 133 cm³/mol. The van der Waals surface area contributed by atoms with Crippen molar-refractivity contribution in [1.29, 1.82) is 0 Å². The predicted octanol–water partition coefficient (Wildman–Crippen LogP) is 3.97. The second-order valence-corrected chi connectivity index (χ2v) is 8.11. The van der Waals surface area contributed by atoms with E-state index in [1.807, 2.05) is 30.3 Å². The summed E-state index contributed by atoms with van der Waals surface area (Å²) in [6.07, 6.45) is 2.79. The number of nitrogens with one attached hydrogen (secondary N) is 1. The van der Waals surface area contributed by atoms with Crippen LogP contribution in [0.15, 0.2) is 79.0 Å². The first kappa shape index (κ1) is 22.9. The summed E-state index contributed by atoms with van der Waals surface area (Å²) in [6.45, 7) is 0.353. The molecule has 8 heteroatoms. The molecule has 0 saturated heterocycles. The Balaban J connectivity index is 1.60. The molecule has 2 heterocycles. The monoisotopic (exact) mass is 482 g/mol. The van der Waals surface area contributed by atoms with Crippen molar-refractivity contribution in [1.82, 2.24) is 9.88 Å². The Kier molecular flexibility index (Phi) is 6.00. The average Bonchev–Trinajstić information content (AvgIpc) is 3.45. The number of carbonyl (C=O) groups is 3. The summed E-state index contributed by atoms with van der Waals surface area (Å²) in [7, 11) is 3.00. The second kappa shape index (κ2) is 9.42. The molecule has 0 saturated carbocycles. The highest BCUT2D eigenvalue weighted by molar-refractivity contribution is 6.35. The Labute approximate surface area is 206 Å². The second-order valence-electron chi connectivity index (χ2n) is 8.11. The van der Waals surface area contributed by atoms with Gasteiger partial charge in [-0.3, -0.25) is 24.3 Å². The van der Waals surface area contributed by atoms with E-state index in [-0.39, 0.29) is 11.5 Å². The molecule has 2 amide bonds. The standard InChI is InChI=1S/C28H22N2O6/c1-34-18-8-10-20(25(13-18)35-2)28(33)30-15-23(22-14-26(31)29-27(22)32)21-12-19(9-11-24(21)30)36-16-17-6-4-3-5-7-17/h3-15H,16H2,1-2H3,(H,29,31,32). The van der Waals surface area contributed by atoms with Gasteiger partial charge in [0.25, 0.3) is 17.7 Å². The minimum Gasteiger partial charge on any atom is -0.497 e. The van der Waals surface area contributed by atoms with Crippen LogP contribution in [-0.2, 0) is 16.2 Å². The van der Waals surface area contributed by atoms with Gasteiger partial charge in [-0.05, 0) is 35.9 Å². The molecule has 4 aromatic rings. The molecule has 180 valence electrons. The van der Waals surface area contributed by atoms with Gasteiger partial charge < -0.3 is 14.2 Å². The fourth-order valence-corrected chi connectivity index (χ4v) is 4.14. The van der Waals surface area contributed by atoms with Crippen LogP contribution < -0.4 is 19.5 Å². The molecule has 8 nitrogen and oxygen atoms in total. The lowest BCUT2D eigenvalue weighted by atomic mass is 10.1. The van der Waals surface area contributed by atoms with E-state index in [0.717, 1.165) is 5.56 Å². The number of aromatic nitrogens is 1. The number of benzene rings is 3. The van der Waals surface area contributed by atoms with Crippen LogP contribution in [0.5, 0.6) is 17.2 Å². The Morgan fingerprint density at radius 3 is 2.39 bits per heavy atom. The molecule has 1 N–H and O–H groups in total. The van der Waals surface area contributed by atoms with Crippen molar-refractivity contribution in [2.45, 2.75) is 6.61 Å². The smallest absolute Gasteiger partial charge is 0.266 e. The number of fused-ring (bicyclic) bond motifs is 1. The first-order valence-electron chi connectivity index (χ1n) is 11.1. The molecule has 1 aliphatic rings. The zero-order valence-corrected chi connectivity index (χ0v) is 19.6. The van der Waals surface area contributed by atoms with Crippen molar-refractivity contribution in [3.05, 3.63) is 95.7 Å². The highest BCUT2D eigenvalue weighted by Gasteiger charge is 2.27. The number of amides is 2. The zero-order chi connectivity index (χ0) is 25.2. The Morgan fingerprint density at radius 2 is 1.69 bits per heavy atom. The van der Waals surface area contributed by atoms with Gasteiger partial charge >= 0.3 is 0 Å². The largest absolute Gasteiger partial charge is 0.497 e. The average molecular weight is 482 g/mol. The summed E-state index contributed by atoms with van der Waals surface area (Å²) in [5, 5.41) is 2.86. The first-order valence-corrected chi connectivity index (χ1v) is 11.1. The van der Waals surface area contributed by atoms with Crippen molar-refractivity contribution >= 4 is 34.2 Å². The molecule has 0 unspecified atom stereocenters. The molecule has 5 rings (SSSR count). The Bertz CT molecular complexity index is 1530. The quantitative estimate of drug-likeness (QED) is 0.401. The van der Waals surface area contributed by atoms with Crippen LogP contribution in [0.3, 0.4) is 0 Å². The van der Waals surface area contributed by atoms with Gasteiger partial charge in [-0.2, -0.15) is 0 Å². The van der Waals surface area contributed by atoms with Crippen LogP contribution in [0.25, 0.3) is 16.5 Å². The van der Waals surface area contributed by atoms with Crippen molar-refractivity contribution in [3.63, 3.8) is 0 Å². The maximum atomic E-state index is 13.6. The minimum atomic E-state index is -0.524. The number of hydrogen-bond donors (Lipinski definition) is 1. The van der Waals surface area contributed by atoms with Crippen LogP contribution in [0, 0.1) is 0 Å². The fourth-order valence-electron chi connectivity index (χ4n) is 4.14. The highest BCUT2D eigenvalue weighted by atomic mass is 16.5. The van der Waals surface area contributed by atoms with Crippen molar-refractivity contribution in [2.24, 2.45) is 0 Å². The Hall–Kier alpha value is -4.85. The van der Waals surface area contributed by atoms with Gasteiger partial charge in [0.15, 0.2) is 0 Å². The summed E-state index contributed by atoms with van der Waals surface area (Å²) in [5.74, 6) is 0.0605. The van der Waals surface area contributed by atoms with Crippen LogP contribution in [0.2, 0.25) is 0 Å². The number of methoxy groups -OCH3 is 2. The van der Waals surface area contributed by atoms with Crippen LogP contribution >= 0.6 is 0 Å². The van der Waals surface area contributed by atoms with E-state index in [1.54, 1.807) is 42.6 Å². The van der Waals surface area contributed by atoms with E-state index in [9.17, 15) is 14.4 Å². The Morgan fingerprint density at radius 1 is 0.917 bits per heavy atom. The number of ether oxygens (including phenoxy) is 3. The molecule has 0 radical (unpaired) electrons. The SMILES string of the molecule is COc1ccc(C(=O)n2cc(C3=CC(=O)NC3=O)c3cc(OCc4ccccc4)ccc32)c(OC)c1. The maximum Gasteiger partial charge on any atom is 0.266 e. The summed E-state index contributed by atoms with van der Waals surface area (Å²) in [5.41, 5.74) is 2.48. The number of hydrogen-bond acceptors (Lipinski definition) is 6. The molecular formula is C28H22N2O6. The van der Waals surface area contributed by atoms with Gasteiger partial charge in [-0.1, -0.05) is 30.3 Å². The van der Waals surface area contributed by atoms with Gasteiger partial charge in [0.2, 0.25) is 0 Å². The highest BCUT2D eigenvalue weighted by Crippen LogP contribution is 2.34. The van der Waals surface area contributed by atoms with Crippen molar-refractivity contribution in [3.8, 4) is 17.2 Å². The van der Waals surface area contributed by atoms with Gasteiger partial charge in [-0.25, -0.2) is 0 Å². The number of rotatable bonds is 7. The lowest BCUT2D eigenvalue weighted by Gasteiger charge is -2.11. The van der Waals surface area contributed by atoms with Gasteiger partial charge in [0, 0.05) is 29.3 Å². The van der Waals surface area contributed by atoms with Crippen molar-refractivity contribution in [2.75, 3.05) is 14.2 Å². The third kappa shape index (κ3) is 4.20. The lowest BCUT2D eigenvalue weighted by Crippen LogP contribution is -2.21. The van der Waals surface area contributed by atoms with Gasteiger partial charge in [-0.15, -0.1) is 0 Å². The van der Waals surface area contributed by atoms with Crippen molar-refractivity contribution < 1.29 is 28.6 Å². The van der Waals surface area contributed by atoms with Crippen LogP contribution in [0.1, 0.15) is 21.5 Å². The summed E-state index contributed by atoms with van der Waals surface area (Å²) >= 11 is 0. The molecule has 36 heavy (non-hydrogen) atoms. The molecule has 0 atom stereocenters. The van der Waals surface area contributed by atoms with Gasteiger partial charge in [0.05, 0.1) is 30.9 Å². The molecule has 1 aliphatic heterocycles. The molecule has 1 aromatic heterocycles. The topological polar surface area (TPSA) is 95.9 Å². The van der Waals surface area contributed by atoms with Crippen LogP contribution in [0.4, 0.5) is 0 Å². The molecule has 0 aliphatic carbocycles. The maximum absolute atomic E-state index is 13.6. The summed E-state index contributed by atoms with van der Waals surface area (Å²) in [6, 6.07) is 19.9. The molecular weight excluding hydrogens is 460 g/mol. The normalized spacial score (nSPS) is 12.9. The molecule has 3 aromatic carbocycles. The minimum absolute atomic E-state index is 0.179. The van der Waals surface area contributed by atoms with Crippen LogP contribution in [-0.4, -0.2) is 36.5 Å².